The molecule has 0 unspecified atom stereocenters. The molecule has 18 heavy (non-hydrogen) atoms. The molecule has 0 N–H and O–H groups in total. The highest BCUT2D eigenvalue weighted by Crippen LogP contribution is 2.12. The van der Waals surface area contributed by atoms with Gasteiger partial charge >= 0.3 is 0 Å². The van der Waals surface area contributed by atoms with Crippen molar-refractivity contribution in [1.29, 1.82) is 0 Å². The lowest BCUT2D eigenvalue weighted by atomic mass is 10.2. The Morgan fingerprint density at radius 2 is 2.17 bits per heavy atom. The molecule has 0 fully saturated rings. The Morgan fingerprint density at radius 3 is 2.78 bits per heavy atom. The van der Waals surface area contributed by atoms with Crippen LogP contribution < -0.4 is 0 Å². The Balaban J connectivity index is 2.07. The van der Waals surface area contributed by atoms with E-state index in [0.717, 1.165) is 5.56 Å². The van der Waals surface area contributed by atoms with Crippen molar-refractivity contribution in [3.63, 3.8) is 0 Å². The van der Waals surface area contributed by atoms with Gasteiger partial charge in [-0.1, -0.05) is 30.3 Å². The number of hydrogen-bond acceptors (Lipinski definition) is 3. The summed E-state index contributed by atoms with van der Waals surface area (Å²) in [7, 11) is 1.75. The largest absolute Gasteiger partial charge is 0.336 e. The minimum absolute atomic E-state index is 0.114. The van der Waals surface area contributed by atoms with E-state index in [1.54, 1.807) is 17.3 Å². The highest BCUT2D eigenvalue weighted by Gasteiger charge is 2.15. The molecule has 1 aromatic heterocycles. The van der Waals surface area contributed by atoms with Crippen LogP contribution in [0.1, 0.15) is 21.1 Å². The van der Waals surface area contributed by atoms with E-state index in [1.165, 1.54) is 11.3 Å². The van der Waals surface area contributed by atoms with Crippen LogP contribution in [0.15, 0.2) is 35.7 Å². The number of carbonyl (C=O) groups is 1. The summed E-state index contributed by atoms with van der Waals surface area (Å²) < 4.78 is 0. The molecule has 0 aliphatic rings. The van der Waals surface area contributed by atoms with E-state index < -0.39 is 0 Å². The molecule has 0 aliphatic carbocycles. The minimum Gasteiger partial charge on any atom is -0.336 e. The highest BCUT2D eigenvalue weighted by molar-refractivity contribution is 7.10. The third-order valence-corrected chi connectivity index (χ3v) is 3.23. The Bertz CT molecular complexity index is 583. The fraction of sp³-hybridized carbons (Fsp3) is 0.143. The van der Waals surface area contributed by atoms with E-state index in [1.807, 2.05) is 30.3 Å². The smallest absolute Gasteiger partial charge is 0.273 e. The molecule has 2 aromatic rings. The van der Waals surface area contributed by atoms with Gasteiger partial charge in [-0.05, 0) is 11.5 Å². The summed E-state index contributed by atoms with van der Waals surface area (Å²) in [5.41, 5.74) is 1.49. The van der Waals surface area contributed by atoms with Crippen LogP contribution in [-0.2, 0) is 6.54 Å². The summed E-state index contributed by atoms with van der Waals surface area (Å²) in [5, 5.41) is 2.23. The summed E-state index contributed by atoms with van der Waals surface area (Å²) >= 11 is 1.31. The van der Waals surface area contributed by atoms with Crippen molar-refractivity contribution in [2.45, 2.75) is 6.54 Å². The van der Waals surface area contributed by atoms with Crippen molar-refractivity contribution in [2.24, 2.45) is 0 Å². The standard InChI is InChI=1S/C14H12N2OS/c1-3-13-15-12(10-18-13)14(17)16(2)9-11-7-5-4-6-8-11/h1,4-8,10H,9H2,2H3. The first-order valence-corrected chi connectivity index (χ1v) is 6.30. The lowest BCUT2D eigenvalue weighted by molar-refractivity contribution is 0.0780. The molecule has 90 valence electrons. The molecule has 0 saturated carbocycles. The number of nitrogens with zero attached hydrogens (tertiary/aromatic N) is 2. The van der Waals surface area contributed by atoms with Crippen molar-refractivity contribution in [3.05, 3.63) is 52.0 Å². The average molecular weight is 256 g/mol. The molecule has 2 rings (SSSR count). The number of hydrogen-bond donors (Lipinski definition) is 0. The maximum atomic E-state index is 12.1. The van der Waals surface area contributed by atoms with Gasteiger partial charge in [0.15, 0.2) is 5.01 Å². The first kappa shape index (κ1) is 12.3. The summed E-state index contributed by atoms with van der Waals surface area (Å²) in [6.45, 7) is 0.558. The van der Waals surface area contributed by atoms with Gasteiger partial charge in [-0.3, -0.25) is 4.79 Å². The lowest BCUT2D eigenvalue weighted by Crippen LogP contribution is -2.26. The molecular weight excluding hydrogens is 244 g/mol. The minimum atomic E-state index is -0.114. The summed E-state index contributed by atoms with van der Waals surface area (Å²) in [4.78, 5) is 17.8. The van der Waals surface area contributed by atoms with Crippen LogP contribution in [0.3, 0.4) is 0 Å². The van der Waals surface area contributed by atoms with E-state index >= 15 is 0 Å². The molecule has 0 saturated heterocycles. The molecule has 3 nitrogen and oxygen atoms in total. The molecule has 0 bridgehead atoms. The monoisotopic (exact) mass is 256 g/mol. The predicted molar refractivity (Wildman–Crippen MR) is 72.3 cm³/mol. The third kappa shape index (κ3) is 2.76. The molecule has 1 heterocycles. The van der Waals surface area contributed by atoms with Gasteiger partial charge in [0.2, 0.25) is 0 Å². The second kappa shape index (κ2) is 5.48. The second-order valence-corrected chi connectivity index (χ2v) is 4.69. The van der Waals surface area contributed by atoms with Crippen LogP contribution in [0.25, 0.3) is 0 Å². The van der Waals surface area contributed by atoms with Gasteiger partial charge in [0.25, 0.3) is 5.91 Å². The van der Waals surface area contributed by atoms with Crippen molar-refractivity contribution >= 4 is 17.2 Å². The molecule has 0 aliphatic heterocycles. The predicted octanol–water partition coefficient (Wildman–Crippen LogP) is 2.40. The molecule has 1 aromatic carbocycles. The van der Waals surface area contributed by atoms with Gasteiger partial charge in [0, 0.05) is 19.0 Å². The maximum absolute atomic E-state index is 12.1. The molecule has 1 amide bonds. The molecule has 0 spiro atoms. The van der Waals surface area contributed by atoms with Crippen molar-refractivity contribution in [2.75, 3.05) is 7.05 Å². The zero-order valence-electron chi connectivity index (χ0n) is 9.96. The van der Waals surface area contributed by atoms with E-state index in [0.29, 0.717) is 17.2 Å². The molecular formula is C14H12N2OS. The zero-order valence-corrected chi connectivity index (χ0v) is 10.8. The quantitative estimate of drug-likeness (QED) is 0.790. The van der Waals surface area contributed by atoms with Gasteiger partial charge in [-0.25, -0.2) is 4.98 Å². The summed E-state index contributed by atoms with van der Waals surface area (Å²) in [6.07, 6.45) is 5.24. The number of terminal acetylenes is 1. The van der Waals surface area contributed by atoms with Crippen LogP contribution in [-0.4, -0.2) is 22.8 Å². The van der Waals surface area contributed by atoms with Crippen LogP contribution in [0.4, 0.5) is 0 Å². The molecule has 4 heteroatoms. The Kier molecular flexibility index (Phi) is 3.75. The maximum Gasteiger partial charge on any atom is 0.273 e. The molecule has 0 atom stereocenters. The zero-order chi connectivity index (χ0) is 13.0. The van der Waals surface area contributed by atoms with Gasteiger partial charge < -0.3 is 4.90 Å². The van der Waals surface area contributed by atoms with E-state index in [2.05, 4.69) is 10.9 Å². The average Bonchev–Trinajstić information content (AvgIpc) is 2.87. The number of benzene rings is 1. The van der Waals surface area contributed by atoms with Crippen LogP contribution in [0.2, 0.25) is 0 Å². The highest BCUT2D eigenvalue weighted by atomic mass is 32.1. The lowest BCUT2D eigenvalue weighted by Gasteiger charge is -2.15. The normalized spacial score (nSPS) is 9.78. The number of rotatable bonds is 3. The Morgan fingerprint density at radius 1 is 1.44 bits per heavy atom. The topological polar surface area (TPSA) is 33.2 Å². The number of carbonyl (C=O) groups excluding carboxylic acids is 1. The van der Waals surface area contributed by atoms with Crippen LogP contribution in [0.5, 0.6) is 0 Å². The van der Waals surface area contributed by atoms with Crippen LogP contribution in [0, 0.1) is 12.3 Å². The summed E-state index contributed by atoms with van der Waals surface area (Å²) in [5.74, 6) is 2.31. The third-order valence-electron chi connectivity index (χ3n) is 2.46. The second-order valence-electron chi connectivity index (χ2n) is 3.83. The van der Waals surface area contributed by atoms with Crippen LogP contribution >= 0.6 is 11.3 Å². The first-order valence-electron chi connectivity index (χ1n) is 5.42. The Labute approximate surface area is 110 Å². The van der Waals surface area contributed by atoms with Crippen molar-refractivity contribution < 1.29 is 4.79 Å². The first-order chi connectivity index (χ1) is 8.70. The number of aromatic nitrogens is 1. The molecule has 0 radical (unpaired) electrons. The number of amides is 1. The van der Waals surface area contributed by atoms with E-state index in [9.17, 15) is 4.79 Å². The van der Waals surface area contributed by atoms with Gasteiger partial charge in [-0.15, -0.1) is 17.8 Å². The van der Waals surface area contributed by atoms with Crippen molar-refractivity contribution in [1.82, 2.24) is 9.88 Å². The van der Waals surface area contributed by atoms with Gasteiger partial charge in [0.1, 0.15) is 5.69 Å². The fourth-order valence-corrected chi connectivity index (χ4v) is 2.16. The van der Waals surface area contributed by atoms with Gasteiger partial charge in [0.05, 0.1) is 0 Å². The van der Waals surface area contributed by atoms with Crippen molar-refractivity contribution in [3.8, 4) is 12.3 Å². The van der Waals surface area contributed by atoms with Gasteiger partial charge in [-0.2, -0.15) is 0 Å². The fourth-order valence-electron chi connectivity index (χ4n) is 1.56. The van der Waals surface area contributed by atoms with E-state index in [4.69, 9.17) is 6.42 Å². The van der Waals surface area contributed by atoms with E-state index in [-0.39, 0.29) is 5.91 Å². The summed E-state index contributed by atoms with van der Waals surface area (Å²) in [6, 6.07) is 9.82. The SMILES string of the molecule is C#Cc1nc(C(=O)N(C)Cc2ccccc2)cs1. The number of thiazole rings is 1. The Hall–Kier alpha value is -2.12.